The number of rotatable bonds is 7. The van der Waals surface area contributed by atoms with Gasteiger partial charge >= 0.3 is 0 Å². The van der Waals surface area contributed by atoms with Gasteiger partial charge in [-0.3, -0.25) is 4.79 Å². The molecule has 138 valence electrons. The molecule has 1 aromatic carbocycles. The van der Waals surface area contributed by atoms with E-state index in [1.165, 1.54) is 29.2 Å². The number of carbonyl (C=O) groups excluding carboxylic acids is 1. The molecule has 0 heterocycles. The van der Waals surface area contributed by atoms with Gasteiger partial charge in [-0.25, -0.2) is 13.1 Å². The van der Waals surface area contributed by atoms with Crippen molar-refractivity contribution >= 4 is 28.3 Å². The van der Waals surface area contributed by atoms with Gasteiger partial charge in [-0.05, 0) is 43.5 Å². The normalized spacial score (nSPS) is 14.0. The molecule has 0 saturated carbocycles. The lowest BCUT2D eigenvalue weighted by molar-refractivity contribution is 0.0827. The number of hydrogen-bond acceptors (Lipinski definition) is 4. The molecule has 6 nitrogen and oxygen atoms in total. The summed E-state index contributed by atoms with van der Waals surface area (Å²) in [6.07, 6.45) is 0.639. The molecule has 0 aliphatic rings. The summed E-state index contributed by atoms with van der Waals surface area (Å²) in [6.45, 7) is 6.05. The smallest absolute Gasteiger partial charge is 0.253 e. The number of benzene rings is 1. The minimum atomic E-state index is -3.69. The van der Waals surface area contributed by atoms with Gasteiger partial charge in [0.05, 0.1) is 4.90 Å². The second-order valence-corrected chi connectivity index (χ2v) is 8.37. The fourth-order valence-corrected chi connectivity index (χ4v) is 3.91. The van der Waals surface area contributed by atoms with Crippen molar-refractivity contribution in [3.63, 3.8) is 0 Å². The number of nitrogens with zero attached hydrogens (tertiary/aromatic N) is 1. The van der Waals surface area contributed by atoms with E-state index in [9.17, 15) is 13.2 Å². The van der Waals surface area contributed by atoms with E-state index in [1.54, 1.807) is 21.0 Å². The quantitative estimate of drug-likeness (QED) is 0.758. The first-order chi connectivity index (χ1) is 10.5. The number of carbonyl (C=O) groups is 1. The van der Waals surface area contributed by atoms with E-state index in [0.29, 0.717) is 17.9 Å². The van der Waals surface area contributed by atoms with E-state index in [4.69, 9.17) is 5.73 Å². The number of halogens is 1. The van der Waals surface area contributed by atoms with Crippen LogP contribution in [0.15, 0.2) is 29.2 Å². The fraction of sp³-hybridized carbons (Fsp3) is 0.562. The summed E-state index contributed by atoms with van der Waals surface area (Å²) in [5.74, 6) is 0.139. The van der Waals surface area contributed by atoms with Crippen LogP contribution in [0.1, 0.15) is 37.6 Å². The molecule has 0 bridgehead atoms. The van der Waals surface area contributed by atoms with E-state index >= 15 is 0 Å². The molecule has 1 aromatic rings. The van der Waals surface area contributed by atoms with Crippen LogP contribution in [0.25, 0.3) is 0 Å². The summed E-state index contributed by atoms with van der Waals surface area (Å²) in [4.78, 5) is 13.4. The Morgan fingerprint density at radius 2 is 1.75 bits per heavy atom. The van der Waals surface area contributed by atoms with Crippen LogP contribution in [-0.4, -0.2) is 45.4 Å². The second kappa shape index (κ2) is 8.80. The first kappa shape index (κ1) is 22.9. The lowest BCUT2D eigenvalue weighted by atomic mass is 9.92. The average Bonchev–Trinajstić information content (AvgIpc) is 2.45. The Balaban J connectivity index is 0.00000529. The van der Waals surface area contributed by atoms with E-state index < -0.39 is 15.6 Å². The lowest BCUT2D eigenvalue weighted by Crippen LogP contribution is -2.51. The lowest BCUT2D eigenvalue weighted by Gasteiger charge is -2.30. The molecular weight excluding hydrogens is 350 g/mol. The Kier molecular flexibility index (Phi) is 8.38. The molecule has 1 atom stereocenters. The molecule has 0 radical (unpaired) electrons. The van der Waals surface area contributed by atoms with Gasteiger partial charge in [0.25, 0.3) is 5.91 Å². The zero-order valence-electron chi connectivity index (χ0n) is 14.9. The average molecular weight is 378 g/mol. The molecule has 3 N–H and O–H groups in total. The predicted molar refractivity (Wildman–Crippen MR) is 98.9 cm³/mol. The van der Waals surface area contributed by atoms with Gasteiger partial charge in [0.15, 0.2) is 0 Å². The van der Waals surface area contributed by atoms with Crippen molar-refractivity contribution in [3.8, 4) is 0 Å². The Morgan fingerprint density at radius 3 is 2.12 bits per heavy atom. The number of hydrogen-bond donors (Lipinski definition) is 2. The van der Waals surface area contributed by atoms with Gasteiger partial charge in [-0.15, -0.1) is 12.4 Å². The highest BCUT2D eigenvalue weighted by Crippen LogP contribution is 2.20. The van der Waals surface area contributed by atoms with Crippen LogP contribution in [0, 0.1) is 5.92 Å². The summed E-state index contributed by atoms with van der Waals surface area (Å²) < 4.78 is 27.8. The molecule has 0 aliphatic heterocycles. The molecule has 0 aromatic heterocycles. The van der Waals surface area contributed by atoms with Gasteiger partial charge < -0.3 is 10.6 Å². The topological polar surface area (TPSA) is 92.5 Å². The highest BCUT2D eigenvalue weighted by molar-refractivity contribution is 7.89. The zero-order chi connectivity index (χ0) is 17.8. The molecule has 1 unspecified atom stereocenters. The van der Waals surface area contributed by atoms with Gasteiger partial charge in [-0.2, -0.15) is 0 Å². The van der Waals surface area contributed by atoms with Crippen LogP contribution in [0.3, 0.4) is 0 Å². The third-order valence-electron chi connectivity index (χ3n) is 3.51. The standard InChI is InChI=1S/C16H27N3O3S.ClH/c1-12(2)10-16(3,11-17)18-23(21,22)14-8-6-13(7-9-14)15(20)19(4)5;/h6-9,12,18H,10-11,17H2,1-5H3;1H. The van der Waals surface area contributed by atoms with Crippen LogP contribution in [0.2, 0.25) is 0 Å². The van der Waals surface area contributed by atoms with Crippen molar-refractivity contribution in [2.45, 2.75) is 37.6 Å². The third-order valence-corrected chi connectivity index (χ3v) is 5.16. The molecule has 0 saturated heterocycles. The largest absolute Gasteiger partial charge is 0.345 e. The van der Waals surface area contributed by atoms with Gasteiger partial charge in [0.2, 0.25) is 10.0 Å². The number of nitrogens with one attached hydrogen (secondary N) is 1. The molecular formula is C16H28ClN3O3S. The van der Waals surface area contributed by atoms with Gasteiger partial charge in [0.1, 0.15) is 0 Å². The van der Waals surface area contributed by atoms with E-state index in [2.05, 4.69) is 4.72 Å². The Labute approximate surface area is 151 Å². The van der Waals surface area contributed by atoms with Crippen LogP contribution in [-0.2, 0) is 10.0 Å². The second-order valence-electron chi connectivity index (χ2n) is 6.69. The molecule has 8 heteroatoms. The minimum absolute atomic E-state index is 0. The van der Waals surface area contributed by atoms with Crippen molar-refractivity contribution in [1.29, 1.82) is 0 Å². The van der Waals surface area contributed by atoms with Crippen LogP contribution >= 0.6 is 12.4 Å². The van der Waals surface area contributed by atoms with E-state index in [0.717, 1.165) is 0 Å². The Bertz CT molecular complexity index is 645. The maximum absolute atomic E-state index is 12.5. The summed E-state index contributed by atoms with van der Waals surface area (Å²) >= 11 is 0. The zero-order valence-corrected chi connectivity index (χ0v) is 16.5. The summed E-state index contributed by atoms with van der Waals surface area (Å²) in [5, 5.41) is 0. The van der Waals surface area contributed by atoms with Gasteiger partial charge in [0, 0.05) is 31.7 Å². The molecule has 24 heavy (non-hydrogen) atoms. The molecule has 0 aliphatic carbocycles. The highest BCUT2D eigenvalue weighted by atomic mass is 35.5. The Morgan fingerprint density at radius 1 is 1.25 bits per heavy atom. The minimum Gasteiger partial charge on any atom is -0.345 e. The molecule has 0 spiro atoms. The fourth-order valence-electron chi connectivity index (χ4n) is 2.49. The van der Waals surface area contributed by atoms with Crippen molar-refractivity contribution < 1.29 is 13.2 Å². The highest BCUT2D eigenvalue weighted by Gasteiger charge is 2.30. The Hall–Kier alpha value is -1.15. The van der Waals surface area contributed by atoms with Crippen molar-refractivity contribution in [3.05, 3.63) is 29.8 Å². The number of nitrogens with two attached hydrogens (primary N) is 1. The predicted octanol–water partition coefficient (Wildman–Crippen LogP) is 1.85. The molecule has 1 amide bonds. The van der Waals surface area contributed by atoms with Gasteiger partial charge in [-0.1, -0.05) is 13.8 Å². The summed E-state index contributed by atoms with van der Waals surface area (Å²) in [5.41, 5.74) is 5.50. The SMILES string of the molecule is CC(C)CC(C)(CN)NS(=O)(=O)c1ccc(C(=O)N(C)C)cc1.Cl. The van der Waals surface area contributed by atoms with Crippen LogP contribution in [0.5, 0.6) is 0 Å². The van der Waals surface area contributed by atoms with Crippen molar-refractivity contribution in [2.24, 2.45) is 11.7 Å². The van der Waals surface area contributed by atoms with Crippen LogP contribution < -0.4 is 10.5 Å². The number of amides is 1. The summed E-state index contributed by atoms with van der Waals surface area (Å²) in [7, 11) is -0.401. The van der Waals surface area contributed by atoms with Crippen molar-refractivity contribution in [1.82, 2.24) is 9.62 Å². The maximum atomic E-state index is 12.5. The van der Waals surface area contributed by atoms with E-state index in [1.807, 2.05) is 13.8 Å². The third kappa shape index (κ3) is 6.05. The molecule has 1 rings (SSSR count). The van der Waals surface area contributed by atoms with Crippen molar-refractivity contribution in [2.75, 3.05) is 20.6 Å². The van der Waals surface area contributed by atoms with Crippen LogP contribution in [0.4, 0.5) is 0 Å². The van der Waals surface area contributed by atoms with E-state index in [-0.39, 0.29) is 29.8 Å². The molecule has 0 fully saturated rings. The maximum Gasteiger partial charge on any atom is 0.253 e. The first-order valence-corrected chi connectivity index (χ1v) is 9.05. The summed E-state index contributed by atoms with van der Waals surface area (Å²) in [6, 6.07) is 5.90. The monoisotopic (exact) mass is 377 g/mol. The number of sulfonamides is 1. The first-order valence-electron chi connectivity index (χ1n) is 7.56.